The van der Waals surface area contributed by atoms with Gasteiger partial charge in [-0.1, -0.05) is 35.5 Å². The lowest BCUT2D eigenvalue weighted by molar-refractivity contribution is -0.159. The molecule has 0 N–H and O–H groups in total. The third-order valence-electron chi connectivity index (χ3n) is 5.34. The van der Waals surface area contributed by atoms with Crippen LogP contribution in [0.5, 0.6) is 0 Å². The average molecular weight is 446 g/mol. The highest BCUT2D eigenvalue weighted by Gasteiger charge is 2.38. The number of likely N-dealkylation sites (N-methyl/N-ethyl adjacent to an activating group) is 1. The molecule has 0 fully saturated rings. The van der Waals surface area contributed by atoms with Crippen LogP contribution in [0.2, 0.25) is 0 Å². The number of hydrogen-bond donors (Lipinski definition) is 0. The zero-order valence-electron chi connectivity index (χ0n) is 18.6. The summed E-state index contributed by atoms with van der Waals surface area (Å²) in [5, 5.41) is 3.39. The van der Waals surface area contributed by atoms with Gasteiger partial charge in [0.05, 0.1) is 0 Å². The van der Waals surface area contributed by atoms with Crippen molar-refractivity contribution in [2.45, 2.75) is 33.0 Å². The quantitative estimate of drug-likeness (QED) is 0.535. The Bertz CT molecular complexity index is 1070. The van der Waals surface area contributed by atoms with Gasteiger partial charge in [0.15, 0.2) is 0 Å². The Hall–Kier alpha value is -3.20. The second-order valence-electron chi connectivity index (χ2n) is 7.97. The van der Waals surface area contributed by atoms with Gasteiger partial charge in [-0.25, -0.2) is 0 Å². The summed E-state index contributed by atoms with van der Waals surface area (Å²) in [4.78, 5) is 20.7. The molecule has 0 saturated carbocycles. The second-order valence-corrected chi connectivity index (χ2v) is 7.97. The fraction of sp³-hybridized carbons (Fsp3) is 0.348. The smallest absolute Gasteiger partial charge is 0.329 e. The predicted octanol–water partition coefficient (Wildman–Crippen LogP) is 4.97. The van der Waals surface area contributed by atoms with Gasteiger partial charge in [0.2, 0.25) is 5.82 Å². The van der Waals surface area contributed by atoms with E-state index in [0.717, 1.165) is 16.8 Å². The lowest BCUT2D eigenvalue weighted by Crippen LogP contribution is -2.42. The highest BCUT2D eigenvalue weighted by atomic mass is 19.4. The number of para-hydroxylation sites is 1. The van der Waals surface area contributed by atoms with Crippen molar-refractivity contribution >= 4 is 11.6 Å². The molecule has 0 spiro atoms. The Morgan fingerprint density at radius 3 is 2.16 bits per heavy atom. The summed E-state index contributed by atoms with van der Waals surface area (Å²) >= 11 is 0. The summed E-state index contributed by atoms with van der Waals surface area (Å²) < 4.78 is 42.4. The van der Waals surface area contributed by atoms with Gasteiger partial charge in [0.25, 0.3) is 5.91 Å². The number of aryl methyl sites for hydroxylation is 2. The minimum absolute atomic E-state index is 0.0948. The SMILES string of the molecule is Cc1cccc(C)c1N(CC(C)N(C)C)C(=O)c1ccc(-c2noc(C(F)(F)F)n2)cc1. The summed E-state index contributed by atoms with van der Waals surface area (Å²) in [5.41, 5.74) is 3.53. The monoisotopic (exact) mass is 446 g/mol. The lowest BCUT2D eigenvalue weighted by atomic mass is 10.0. The molecule has 0 bridgehead atoms. The fourth-order valence-corrected chi connectivity index (χ4v) is 3.31. The van der Waals surface area contributed by atoms with Crippen LogP contribution in [-0.2, 0) is 6.18 Å². The normalized spacial score (nSPS) is 12.8. The van der Waals surface area contributed by atoms with Gasteiger partial charge >= 0.3 is 12.1 Å². The number of anilines is 1. The number of carbonyl (C=O) groups excluding carboxylic acids is 1. The zero-order valence-corrected chi connectivity index (χ0v) is 18.6. The van der Waals surface area contributed by atoms with E-state index in [1.165, 1.54) is 12.1 Å². The topological polar surface area (TPSA) is 62.5 Å². The average Bonchev–Trinajstić information content (AvgIpc) is 3.23. The minimum Gasteiger partial charge on any atom is -0.329 e. The first kappa shape index (κ1) is 23.5. The molecule has 0 saturated heterocycles. The van der Waals surface area contributed by atoms with Gasteiger partial charge in [0.1, 0.15) is 0 Å². The van der Waals surface area contributed by atoms with Crippen LogP contribution in [0.25, 0.3) is 11.4 Å². The molecule has 3 aromatic rings. The number of alkyl halides is 3. The van der Waals surface area contributed by atoms with Crippen LogP contribution in [0.15, 0.2) is 47.0 Å². The van der Waals surface area contributed by atoms with Crippen molar-refractivity contribution < 1.29 is 22.5 Å². The maximum Gasteiger partial charge on any atom is 0.471 e. The van der Waals surface area contributed by atoms with Crippen LogP contribution in [0.1, 0.15) is 34.3 Å². The van der Waals surface area contributed by atoms with Gasteiger partial charge in [-0.2, -0.15) is 18.2 Å². The van der Waals surface area contributed by atoms with Gasteiger partial charge < -0.3 is 14.3 Å². The number of carbonyl (C=O) groups is 1. The van der Waals surface area contributed by atoms with Crippen molar-refractivity contribution in [3.05, 3.63) is 65.0 Å². The molecule has 0 radical (unpaired) electrons. The van der Waals surface area contributed by atoms with E-state index in [1.807, 2.05) is 58.0 Å². The minimum atomic E-state index is -4.71. The van der Waals surface area contributed by atoms with Crippen LogP contribution in [0, 0.1) is 13.8 Å². The molecule has 3 rings (SSSR count). The number of amides is 1. The molecule has 6 nitrogen and oxygen atoms in total. The Morgan fingerprint density at radius 2 is 1.66 bits per heavy atom. The van der Waals surface area contributed by atoms with Crippen LogP contribution in [0.3, 0.4) is 0 Å². The molecule has 2 aromatic carbocycles. The molecule has 32 heavy (non-hydrogen) atoms. The highest BCUT2D eigenvalue weighted by Crippen LogP contribution is 2.30. The van der Waals surface area contributed by atoms with Crippen molar-refractivity contribution in [2.24, 2.45) is 0 Å². The second kappa shape index (κ2) is 9.12. The van der Waals surface area contributed by atoms with Gasteiger partial charge in [-0.3, -0.25) is 4.79 Å². The third-order valence-corrected chi connectivity index (χ3v) is 5.34. The zero-order chi connectivity index (χ0) is 23.6. The highest BCUT2D eigenvalue weighted by molar-refractivity contribution is 6.07. The summed E-state index contributed by atoms with van der Waals surface area (Å²) in [6.07, 6.45) is -4.71. The van der Waals surface area contributed by atoms with E-state index in [1.54, 1.807) is 17.0 Å². The molecule has 170 valence electrons. The van der Waals surface area contributed by atoms with E-state index < -0.39 is 12.1 Å². The molecule has 0 aliphatic heterocycles. The van der Waals surface area contributed by atoms with Gasteiger partial charge in [-0.05, 0) is 58.1 Å². The maximum absolute atomic E-state index is 13.5. The van der Waals surface area contributed by atoms with Crippen molar-refractivity contribution in [3.63, 3.8) is 0 Å². The molecule has 1 aromatic heterocycles. The summed E-state index contributed by atoms with van der Waals surface area (Å²) in [6.45, 7) is 6.42. The van der Waals surface area contributed by atoms with Crippen LogP contribution < -0.4 is 4.90 Å². The van der Waals surface area contributed by atoms with Crippen LogP contribution >= 0.6 is 0 Å². The first-order valence-corrected chi connectivity index (χ1v) is 10.0. The number of hydrogen-bond acceptors (Lipinski definition) is 5. The summed E-state index contributed by atoms with van der Waals surface area (Å²) in [5.74, 6) is -1.80. The number of nitrogens with zero attached hydrogens (tertiary/aromatic N) is 4. The van der Waals surface area contributed by atoms with Crippen molar-refractivity contribution in [1.29, 1.82) is 0 Å². The fourth-order valence-electron chi connectivity index (χ4n) is 3.31. The Kier molecular flexibility index (Phi) is 6.68. The first-order valence-electron chi connectivity index (χ1n) is 10.0. The largest absolute Gasteiger partial charge is 0.471 e. The molecule has 0 aliphatic rings. The number of rotatable bonds is 6. The van der Waals surface area contributed by atoms with E-state index in [0.29, 0.717) is 17.7 Å². The first-order chi connectivity index (χ1) is 15.0. The Balaban J connectivity index is 1.93. The van der Waals surface area contributed by atoms with Crippen LogP contribution in [-0.4, -0.2) is 47.6 Å². The summed E-state index contributed by atoms with van der Waals surface area (Å²) in [7, 11) is 3.90. The van der Waals surface area contributed by atoms with E-state index in [-0.39, 0.29) is 17.8 Å². The molecule has 1 heterocycles. The molecular formula is C23H25F3N4O2. The number of aromatic nitrogens is 2. The predicted molar refractivity (Wildman–Crippen MR) is 115 cm³/mol. The van der Waals surface area contributed by atoms with E-state index >= 15 is 0 Å². The standard InChI is InChI=1S/C23H25F3N4O2/c1-14-7-6-8-15(2)19(14)30(13-16(3)29(4)5)21(31)18-11-9-17(10-12-18)20-27-22(32-28-20)23(24,25)26/h6-12,16H,13H2,1-5H3. The van der Waals surface area contributed by atoms with Gasteiger partial charge in [0, 0.05) is 29.4 Å². The molecule has 1 atom stereocenters. The molecule has 1 amide bonds. The lowest BCUT2D eigenvalue weighted by Gasteiger charge is -2.31. The number of benzene rings is 2. The molecule has 0 aliphatic carbocycles. The molecule has 1 unspecified atom stereocenters. The Labute approximate surface area is 184 Å². The van der Waals surface area contributed by atoms with Crippen molar-refractivity contribution in [1.82, 2.24) is 15.0 Å². The van der Waals surface area contributed by atoms with Crippen molar-refractivity contribution in [2.75, 3.05) is 25.5 Å². The van der Waals surface area contributed by atoms with E-state index in [2.05, 4.69) is 14.7 Å². The molecule has 9 heteroatoms. The van der Waals surface area contributed by atoms with Crippen molar-refractivity contribution in [3.8, 4) is 11.4 Å². The molecular weight excluding hydrogens is 421 g/mol. The van der Waals surface area contributed by atoms with E-state index in [4.69, 9.17) is 0 Å². The van der Waals surface area contributed by atoms with Gasteiger partial charge in [-0.15, -0.1) is 0 Å². The third kappa shape index (κ3) is 4.99. The number of halogens is 3. The van der Waals surface area contributed by atoms with E-state index in [9.17, 15) is 18.0 Å². The summed E-state index contributed by atoms with van der Waals surface area (Å²) in [6, 6.07) is 12.1. The Morgan fingerprint density at radius 1 is 1.06 bits per heavy atom. The maximum atomic E-state index is 13.5. The van der Waals surface area contributed by atoms with Crippen LogP contribution in [0.4, 0.5) is 18.9 Å².